The number of aromatic nitrogens is 1. The average Bonchev–Trinajstić information content (AvgIpc) is 2.17. The van der Waals surface area contributed by atoms with Crippen LogP contribution in [-0.4, -0.2) is 12.1 Å². The summed E-state index contributed by atoms with van der Waals surface area (Å²) in [5.74, 6) is 0.164. The first-order chi connectivity index (χ1) is 6.60. The fourth-order valence-corrected chi connectivity index (χ4v) is 1.22. The molecule has 0 saturated carbocycles. The minimum atomic E-state index is -2.66. The molecule has 0 aliphatic rings. The first kappa shape index (κ1) is 11.1. The Bertz CT molecular complexity index is 308. The van der Waals surface area contributed by atoms with Crippen molar-refractivity contribution in [2.75, 3.05) is 7.11 Å². The molecule has 2 N–H and O–H groups in total. The Morgan fingerprint density at radius 1 is 1.64 bits per heavy atom. The van der Waals surface area contributed by atoms with Crippen molar-refractivity contribution < 1.29 is 13.5 Å². The van der Waals surface area contributed by atoms with Gasteiger partial charge in [-0.05, 0) is 0 Å². The third kappa shape index (κ3) is 2.10. The Morgan fingerprint density at radius 3 is 2.71 bits per heavy atom. The van der Waals surface area contributed by atoms with E-state index in [-0.39, 0.29) is 28.7 Å². The van der Waals surface area contributed by atoms with Gasteiger partial charge in [0.05, 0.1) is 12.8 Å². The Labute approximate surface area is 84.8 Å². The number of pyridine rings is 1. The molecule has 0 fully saturated rings. The van der Waals surface area contributed by atoms with Gasteiger partial charge in [0.15, 0.2) is 0 Å². The highest BCUT2D eigenvalue weighted by molar-refractivity contribution is 6.32. The van der Waals surface area contributed by atoms with Gasteiger partial charge in [0.1, 0.15) is 16.5 Å². The fourth-order valence-electron chi connectivity index (χ4n) is 0.973. The zero-order chi connectivity index (χ0) is 10.7. The molecule has 14 heavy (non-hydrogen) atoms. The van der Waals surface area contributed by atoms with Gasteiger partial charge in [-0.1, -0.05) is 11.6 Å². The first-order valence-corrected chi connectivity index (χ1v) is 4.19. The van der Waals surface area contributed by atoms with Crippen LogP contribution in [-0.2, 0) is 6.54 Å². The summed E-state index contributed by atoms with van der Waals surface area (Å²) >= 11 is 5.77. The molecule has 6 heteroatoms. The van der Waals surface area contributed by atoms with Gasteiger partial charge in [0.2, 0.25) is 0 Å². The number of halogens is 3. The third-order valence-electron chi connectivity index (χ3n) is 1.65. The van der Waals surface area contributed by atoms with Gasteiger partial charge in [0, 0.05) is 12.6 Å². The Morgan fingerprint density at radius 2 is 2.29 bits per heavy atom. The molecule has 1 aromatic rings. The van der Waals surface area contributed by atoms with Crippen LogP contribution >= 0.6 is 11.6 Å². The molecule has 0 saturated heterocycles. The summed E-state index contributed by atoms with van der Waals surface area (Å²) in [5.41, 5.74) is 5.12. The molecule has 1 aromatic heterocycles. The minimum Gasteiger partial charge on any atom is -0.495 e. The predicted molar refractivity (Wildman–Crippen MR) is 48.6 cm³/mol. The summed E-state index contributed by atoms with van der Waals surface area (Å²) in [5, 5.41) is 0.180. The van der Waals surface area contributed by atoms with Crippen LogP contribution in [0.3, 0.4) is 0 Å². The van der Waals surface area contributed by atoms with Crippen molar-refractivity contribution in [1.82, 2.24) is 4.98 Å². The van der Waals surface area contributed by atoms with Gasteiger partial charge < -0.3 is 10.5 Å². The average molecular weight is 223 g/mol. The van der Waals surface area contributed by atoms with Crippen molar-refractivity contribution in [3.63, 3.8) is 0 Å². The number of nitrogens with zero attached hydrogens (tertiary/aromatic N) is 1. The lowest BCUT2D eigenvalue weighted by Crippen LogP contribution is -2.05. The van der Waals surface area contributed by atoms with Gasteiger partial charge in [-0.3, -0.25) is 0 Å². The van der Waals surface area contributed by atoms with E-state index in [2.05, 4.69) is 4.98 Å². The second-order valence-corrected chi connectivity index (χ2v) is 2.89. The standard InChI is InChI=1S/C8H9ClF2N2O/c1-14-6-2-4(8(10)11)13-5(3-12)7(6)9/h2,8H,3,12H2,1H3. The van der Waals surface area contributed by atoms with Crippen molar-refractivity contribution in [2.45, 2.75) is 13.0 Å². The molecule has 0 unspecified atom stereocenters. The quantitative estimate of drug-likeness (QED) is 0.853. The Hall–Kier alpha value is -0.940. The van der Waals surface area contributed by atoms with Gasteiger partial charge in [-0.15, -0.1) is 0 Å². The van der Waals surface area contributed by atoms with E-state index in [0.717, 1.165) is 6.07 Å². The Kier molecular flexibility index (Phi) is 3.60. The van der Waals surface area contributed by atoms with E-state index >= 15 is 0 Å². The number of hydrogen-bond acceptors (Lipinski definition) is 3. The number of rotatable bonds is 3. The molecule has 1 heterocycles. The van der Waals surface area contributed by atoms with Crippen LogP contribution < -0.4 is 10.5 Å². The van der Waals surface area contributed by atoms with Gasteiger partial charge in [-0.25, -0.2) is 13.8 Å². The summed E-state index contributed by atoms with van der Waals surface area (Å²) < 4.78 is 29.5. The largest absolute Gasteiger partial charge is 0.495 e. The van der Waals surface area contributed by atoms with Crippen molar-refractivity contribution in [3.8, 4) is 5.75 Å². The molecule has 0 amide bonds. The molecule has 78 valence electrons. The second-order valence-electron chi connectivity index (χ2n) is 2.51. The van der Waals surface area contributed by atoms with E-state index < -0.39 is 6.43 Å². The molecular weight excluding hydrogens is 214 g/mol. The lowest BCUT2D eigenvalue weighted by atomic mass is 10.2. The SMILES string of the molecule is COc1cc(C(F)F)nc(CN)c1Cl. The molecule has 0 aliphatic heterocycles. The van der Waals surface area contributed by atoms with E-state index in [1.54, 1.807) is 0 Å². The van der Waals surface area contributed by atoms with E-state index in [1.807, 2.05) is 0 Å². The van der Waals surface area contributed by atoms with Crippen molar-refractivity contribution in [3.05, 3.63) is 22.5 Å². The highest BCUT2D eigenvalue weighted by Gasteiger charge is 2.15. The van der Waals surface area contributed by atoms with Crippen LogP contribution in [0.15, 0.2) is 6.07 Å². The zero-order valence-corrected chi connectivity index (χ0v) is 8.18. The zero-order valence-electron chi connectivity index (χ0n) is 7.43. The van der Waals surface area contributed by atoms with Gasteiger partial charge >= 0.3 is 0 Å². The smallest absolute Gasteiger partial charge is 0.280 e. The number of methoxy groups -OCH3 is 1. The molecule has 0 radical (unpaired) electrons. The summed E-state index contributed by atoms with van der Waals surface area (Å²) in [4.78, 5) is 3.61. The molecule has 3 nitrogen and oxygen atoms in total. The molecule has 0 atom stereocenters. The number of hydrogen-bond donors (Lipinski definition) is 1. The molecule has 1 rings (SSSR count). The van der Waals surface area contributed by atoms with Crippen LogP contribution in [0.2, 0.25) is 5.02 Å². The summed E-state index contributed by atoms with van der Waals surface area (Å²) in [6, 6.07) is 1.10. The summed E-state index contributed by atoms with van der Waals surface area (Å²) in [7, 11) is 1.34. The maximum absolute atomic E-state index is 12.3. The molecule has 0 spiro atoms. The van der Waals surface area contributed by atoms with E-state index in [9.17, 15) is 8.78 Å². The van der Waals surface area contributed by atoms with Crippen molar-refractivity contribution >= 4 is 11.6 Å². The molecule has 0 aliphatic carbocycles. The fraction of sp³-hybridized carbons (Fsp3) is 0.375. The Balaban J connectivity index is 3.25. The normalized spacial score (nSPS) is 10.7. The third-order valence-corrected chi connectivity index (χ3v) is 2.05. The van der Waals surface area contributed by atoms with Gasteiger partial charge in [-0.2, -0.15) is 0 Å². The van der Waals surface area contributed by atoms with E-state index in [0.29, 0.717) is 0 Å². The lowest BCUT2D eigenvalue weighted by Gasteiger charge is -2.09. The molecule has 0 aromatic carbocycles. The summed E-state index contributed by atoms with van der Waals surface area (Å²) in [6.45, 7) is -0.00421. The number of ether oxygens (including phenoxy) is 1. The highest BCUT2D eigenvalue weighted by Crippen LogP contribution is 2.30. The number of nitrogens with two attached hydrogens (primary N) is 1. The monoisotopic (exact) mass is 222 g/mol. The minimum absolute atomic E-state index is 0.00421. The topological polar surface area (TPSA) is 48.1 Å². The maximum atomic E-state index is 12.3. The maximum Gasteiger partial charge on any atom is 0.280 e. The predicted octanol–water partition coefficient (Wildman–Crippen LogP) is 2.14. The van der Waals surface area contributed by atoms with Crippen LogP contribution in [0.25, 0.3) is 0 Å². The second kappa shape index (κ2) is 4.52. The summed E-state index contributed by atoms with van der Waals surface area (Å²) in [6.07, 6.45) is -2.66. The molecule has 0 bridgehead atoms. The van der Waals surface area contributed by atoms with Gasteiger partial charge in [0.25, 0.3) is 6.43 Å². The van der Waals surface area contributed by atoms with E-state index in [4.69, 9.17) is 22.1 Å². The first-order valence-electron chi connectivity index (χ1n) is 3.81. The van der Waals surface area contributed by atoms with Crippen LogP contribution in [0.5, 0.6) is 5.75 Å². The van der Waals surface area contributed by atoms with Crippen molar-refractivity contribution in [2.24, 2.45) is 5.73 Å². The van der Waals surface area contributed by atoms with Crippen LogP contribution in [0.4, 0.5) is 8.78 Å². The molecular formula is C8H9ClF2N2O. The lowest BCUT2D eigenvalue weighted by molar-refractivity contribution is 0.145. The van der Waals surface area contributed by atoms with Crippen molar-refractivity contribution in [1.29, 1.82) is 0 Å². The van der Waals surface area contributed by atoms with E-state index in [1.165, 1.54) is 7.11 Å². The highest BCUT2D eigenvalue weighted by atomic mass is 35.5. The van der Waals surface area contributed by atoms with Crippen LogP contribution in [0, 0.1) is 0 Å². The number of alkyl halides is 2. The van der Waals surface area contributed by atoms with Crippen LogP contribution in [0.1, 0.15) is 17.8 Å².